The SMILES string of the molecule is O=C(c1cccc(C#CCO)c1)N(CCO)CC(F)(F)F. The van der Waals surface area contributed by atoms with Crippen molar-refractivity contribution in [2.75, 3.05) is 26.3 Å². The smallest absolute Gasteiger partial charge is 0.395 e. The van der Waals surface area contributed by atoms with Crippen LogP contribution in [0.2, 0.25) is 0 Å². The van der Waals surface area contributed by atoms with Crippen molar-refractivity contribution in [3.8, 4) is 11.8 Å². The summed E-state index contributed by atoms with van der Waals surface area (Å²) in [5.74, 6) is 4.11. The van der Waals surface area contributed by atoms with Crippen molar-refractivity contribution < 1.29 is 28.2 Å². The van der Waals surface area contributed by atoms with E-state index in [1.165, 1.54) is 18.2 Å². The predicted octanol–water partition coefficient (Wildman–Crippen LogP) is 1.03. The standard InChI is InChI=1S/C14H14F3NO3/c15-14(16,17)10-18(6-8-20)13(21)12-5-1-3-11(9-12)4-2-7-19/h1,3,5,9,19-20H,6-8,10H2. The van der Waals surface area contributed by atoms with Gasteiger partial charge in [-0.2, -0.15) is 13.2 Å². The second-order valence-corrected chi connectivity index (χ2v) is 4.11. The Bertz CT molecular complexity index is 546. The quantitative estimate of drug-likeness (QED) is 0.817. The van der Waals surface area contributed by atoms with Crippen LogP contribution in [-0.2, 0) is 0 Å². The van der Waals surface area contributed by atoms with E-state index in [0.717, 1.165) is 0 Å². The van der Waals surface area contributed by atoms with E-state index in [0.29, 0.717) is 10.5 Å². The summed E-state index contributed by atoms with van der Waals surface area (Å²) >= 11 is 0. The molecule has 21 heavy (non-hydrogen) atoms. The summed E-state index contributed by atoms with van der Waals surface area (Å²) in [5, 5.41) is 17.4. The Hall–Kier alpha value is -2.04. The molecule has 0 saturated carbocycles. The van der Waals surface area contributed by atoms with Crippen LogP contribution in [0.4, 0.5) is 13.2 Å². The van der Waals surface area contributed by atoms with Crippen molar-refractivity contribution in [3.63, 3.8) is 0 Å². The molecular formula is C14H14F3NO3. The van der Waals surface area contributed by atoms with Gasteiger partial charge in [-0.1, -0.05) is 17.9 Å². The normalized spacial score (nSPS) is 10.7. The van der Waals surface area contributed by atoms with E-state index in [-0.39, 0.29) is 12.2 Å². The van der Waals surface area contributed by atoms with E-state index < -0.39 is 31.8 Å². The molecule has 0 unspecified atom stereocenters. The van der Waals surface area contributed by atoms with E-state index in [1.54, 1.807) is 6.07 Å². The van der Waals surface area contributed by atoms with Crippen LogP contribution in [0.15, 0.2) is 24.3 Å². The molecule has 0 aromatic heterocycles. The minimum Gasteiger partial charge on any atom is -0.395 e. The van der Waals surface area contributed by atoms with Crippen molar-refractivity contribution in [1.29, 1.82) is 0 Å². The highest BCUT2D eigenvalue weighted by atomic mass is 19.4. The Labute approximate surface area is 119 Å². The summed E-state index contributed by atoms with van der Waals surface area (Å²) in [6.07, 6.45) is -4.54. The number of alkyl halides is 3. The molecule has 7 heteroatoms. The van der Waals surface area contributed by atoms with Crippen LogP contribution in [0.3, 0.4) is 0 Å². The Morgan fingerprint density at radius 2 is 2.00 bits per heavy atom. The minimum absolute atomic E-state index is 0.0393. The van der Waals surface area contributed by atoms with Crippen LogP contribution >= 0.6 is 0 Å². The monoisotopic (exact) mass is 301 g/mol. The summed E-state index contributed by atoms with van der Waals surface area (Å²) < 4.78 is 37.3. The zero-order valence-electron chi connectivity index (χ0n) is 11.0. The average molecular weight is 301 g/mol. The van der Waals surface area contributed by atoms with Gasteiger partial charge in [-0.15, -0.1) is 0 Å². The lowest BCUT2D eigenvalue weighted by atomic mass is 10.1. The second kappa shape index (κ2) is 7.67. The minimum atomic E-state index is -4.54. The fourth-order valence-corrected chi connectivity index (χ4v) is 1.64. The third kappa shape index (κ3) is 5.85. The molecule has 0 spiro atoms. The van der Waals surface area contributed by atoms with Gasteiger partial charge in [-0.3, -0.25) is 4.79 Å². The van der Waals surface area contributed by atoms with Crippen molar-refractivity contribution in [3.05, 3.63) is 35.4 Å². The largest absolute Gasteiger partial charge is 0.406 e. The van der Waals surface area contributed by atoms with Gasteiger partial charge in [0.05, 0.1) is 6.61 Å². The van der Waals surface area contributed by atoms with Gasteiger partial charge in [0.2, 0.25) is 0 Å². The van der Waals surface area contributed by atoms with E-state index in [1.807, 2.05) is 0 Å². The van der Waals surface area contributed by atoms with Gasteiger partial charge in [0.25, 0.3) is 5.91 Å². The Kier molecular flexibility index (Phi) is 6.21. The molecule has 0 saturated heterocycles. The van der Waals surface area contributed by atoms with Crippen LogP contribution in [0.1, 0.15) is 15.9 Å². The van der Waals surface area contributed by atoms with E-state index >= 15 is 0 Å². The summed E-state index contributed by atoms with van der Waals surface area (Å²) in [4.78, 5) is 12.6. The first kappa shape index (κ1) is 17.0. The molecule has 1 aromatic rings. The highest BCUT2D eigenvalue weighted by Crippen LogP contribution is 2.18. The first-order valence-corrected chi connectivity index (χ1v) is 6.04. The van der Waals surface area contributed by atoms with Gasteiger partial charge < -0.3 is 15.1 Å². The first-order valence-electron chi connectivity index (χ1n) is 6.04. The molecule has 0 aliphatic carbocycles. The molecule has 0 fully saturated rings. The molecule has 1 amide bonds. The number of rotatable bonds is 4. The van der Waals surface area contributed by atoms with Gasteiger partial charge in [-0.25, -0.2) is 0 Å². The topological polar surface area (TPSA) is 60.8 Å². The molecule has 0 aliphatic heterocycles. The van der Waals surface area contributed by atoms with Gasteiger partial charge in [0.1, 0.15) is 13.2 Å². The second-order valence-electron chi connectivity index (χ2n) is 4.11. The number of halogens is 3. The predicted molar refractivity (Wildman–Crippen MR) is 69.5 cm³/mol. The fourth-order valence-electron chi connectivity index (χ4n) is 1.64. The first-order chi connectivity index (χ1) is 9.87. The lowest BCUT2D eigenvalue weighted by molar-refractivity contribution is -0.141. The Morgan fingerprint density at radius 3 is 2.57 bits per heavy atom. The van der Waals surface area contributed by atoms with Crippen LogP contribution in [0, 0.1) is 11.8 Å². The highest BCUT2D eigenvalue weighted by molar-refractivity contribution is 5.94. The Morgan fingerprint density at radius 1 is 1.29 bits per heavy atom. The van der Waals surface area contributed by atoms with Crippen LogP contribution in [-0.4, -0.2) is 53.5 Å². The number of aliphatic hydroxyl groups excluding tert-OH is 2. The van der Waals surface area contributed by atoms with Gasteiger partial charge >= 0.3 is 6.18 Å². The summed E-state index contributed by atoms with van der Waals surface area (Å²) in [5.41, 5.74) is 0.447. The van der Waals surface area contributed by atoms with Crippen LogP contribution < -0.4 is 0 Å². The maximum Gasteiger partial charge on any atom is 0.406 e. The summed E-state index contributed by atoms with van der Waals surface area (Å²) in [6.45, 7) is -2.77. The molecule has 0 bridgehead atoms. The number of amides is 1. The van der Waals surface area contributed by atoms with Crippen molar-refractivity contribution in [2.24, 2.45) is 0 Å². The number of carbonyl (C=O) groups is 1. The lowest BCUT2D eigenvalue weighted by Crippen LogP contribution is -2.40. The third-order valence-electron chi connectivity index (χ3n) is 2.45. The average Bonchev–Trinajstić information content (AvgIpc) is 2.43. The molecule has 0 radical (unpaired) electrons. The molecule has 0 atom stereocenters. The number of benzene rings is 1. The molecule has 4 nitrogen and oxygen atoms in total. The number of aliphatic hydroxyl groups is 2. The van der Waals surface area contributed by atoms with E-state index in [4.69, 9.17) is 10.2 Å². The van der Waals surface area contributed by atoms with E-state index in [9.17, 15) is 18.0 Å². The number of hydrogen-bond donors (Lipinski definition) is 2. The molecule has 0 heterocycles. The molecule has 2 N–H and O–H groups in total. The zero-order valence-corrected chi connectivity index (χ0v) is 11.0. The number of carbonyl (C=O) groups excluding carboxylic acids is 1. The van der Waals surface area contributed by atoms with Gasteiger partial charge in [0, 0.05) is 17.7 Å². The van der Waals surface area contributed by atoms with E-state index in [2.05, 4.69) is 11.8 Å². The maximum absolute atomic E-state index is 12.4. The Balaban J connectivity index is 2.98. The van der Waals surface area contributed by atoms with Crippen molar-refractivity contribution in [2.45, 2.75) is 6.18 Å². The highest BCUT2D eigenvalue weighted by Gasteiger charge is 2.33. The summed E-state index contributed by atoms with van der Waals surface area (Å²) in [7, 11) is 0. The molecule has 0 aliphatic rings. The zero-order chi connectivity index (χ0) is 15.9. The summed E-state index contributed by atoms with van der Waals surface area (Å²) in [6, 6.07) is 5.76. The van der Waals surface area contributed by atoms with Gasteiger partial charge in [0.15, 0.2) is 0 Å². The van der Waals surface area contributed by atoms with Gasteiger partial charge in [-0.05, 0) is 18.2 Å². The lowest BCUT2D eigenvalue weighted by Gasteiger charge is -2.23. The molecule has 1 aromatic carbocycles. The fraction of sp³-hybridized carbons (Fsp3) is 0.357. The number of nitrogens with zero attached hydrogens (tertiary/aromatic N) is 1. The van der Waals surface area contributed by atoms with Crippen LogP contribution in [0.5, 0.6) is 0 Å². The molecular weight excluding hydrogens is 287 g/mol. The molecule has 114 valence electrons. The third-order valence-corrected chi connectivity index (χ3v) is 2.45. The maximum atomic E-state index is 12.4. The number of hydrogen-bond acceptors (Lipinski definition) is 3. The van der Waals surface area contributed by atoms with Crippen LogP contribution in [0.25, 0.3) is 0 Å². The van der Waals surface area contributed by atoms with Crippen molar-refractivity contribution >= 4 is 5.91 Å². The molecule has 1 rings (SSSR count). The van der Waals surface area contributed by atoms with Crippen molar-refractivity contribution in [1.82, 2.24) is 4.90 Å².